The first kappa shape index (κ1) is 17.0. The average molecular weight is 335 g/mol. The first-order valence-corrected chi connectivity index (χ1v) is 8.40. The molecule has 1 heterocycles. The second kappa shape index (κ2) is 7.79. The van der Waals surface area contributed by atoms with E-state index in [1.165, 1.54) is 4.90 Å². The Balaban J connectivity index is 1.84. The summed E-state index contributed by atoms with van der Waals surface area (Å²) in [5, 5.41) is 0. The van der Waals surface area contributed by atoms with Crippen LogP contribution in [0.3, 0.4) is 0 Å². The van der Waals surface area contributed by atoms with Gasteiger partial charge in [0.2, 0.25) is 5.91 Å². The third-order valence-corrected chi connectivity index (χ3v) is 4.42. The van der Waals surface area contributed by atoms with Crippen LogP contribution in [0, 0.1) is 0 Å². The summed E-state index contributed by atoms with van der Waals surface area (Å²) in [7, 11) is 0. The van der Waals surface area contributed by atoms with Gasteiger partial charge in [0.15, 0.2) is 0 Å². The van der Waals surface area contributed by atoms with Gasteiger partial charge in [0.05, 0.1) is 12.0 Å². The van der Waals surface area contributed by atoms with Gasteiger partial charge in [-0.1, -0.05) is 66.7 Å². The van der Waals surface area contributed by atoms with E-state index in [-0.39, 0.29) is 18.6 Å². The Morgan fingerprint density at radius 2 is 1.80 bits per heavy atom. The van der Waals surface area contributed by atoms with Gasteiger partial charge in [-0.15, -0.1) is 6.58 Å². The van der Waals surface area contributed by atoms with E-state index in [1.54, 1.807) is 6.08 Å². The highest BCUT2D eigenvalue weighted by atomic mass is 16.6. The predicted molar refractivity (Wildman–Crippen MR) is 96.1 cm³/mol. The quantitative estimate of drug-likeness (QED) is 0.751. The maximum atomic E-state index is 13.1. The van der Waals surface area contributed by atoms with Crippen LogP contribution in [0.2, 0.25) is 0 Å². The maximum absolute atomic E-state index is 13.1. The lowest BCUT2D eigenvalue weighted by Crippen LogP contribution is -2.42. The van der Waals surface area contributed by atoms with Crippen LogP contribution in [0.1, 0.15) is 23.5 Å². The molecule has 4 heteroatoms. The lowest BCUT2D eigenvalue weighted by Gasteiger charge is -2.24. The van der Waals surface area contributed by atoms with Crippen molar-refractivity contribution in [3.05, 3.63) is 84.4 Å². The molecule has 0 spiro atoms. The second-order valence-corrected chi connectivity index (χ2v) is 6.12. The summed E-state index contributed by atoms with van der Waals surface area (Å²) < 4.78 is 5.18. The van der Waals surface area contributed by atoms with Crippen molar-refractivity contribution in [2.45, 2.75) is 24.8 Å². The molecule has 2 aromatic carbocycles. The third-order valence-electron chi connectivity index (χ3n) is 4.42. The largest absolute Gasteiger partial charge is 0.447 e. The van der Waals surface area contributed by atoms with Gasteiger partial charge in [-0.05, 0) is 24.0 Å². The Labute approximate surface area is 147 Å². The molecule has 0 aromatic heterocycles. The van der Waals surface area contributed by atoms with E-state index in [1.807, 2.05) is 60.7 Å². The summed E-state index contributed by atoms with van der Waals surface area (Å²) in [6.07, 6.45) is 2.22. The number of allylic oxidation sites excluding steroid dienone is 1. The number of carbonyl (C=O) groups is 2. The molecular formula is C21H21NO3. The molecule has 1 aliphatic heterocycles. The van der Waals surface area contributed by atoms with Gasteiger partial charge >= 0.3 is 6.09 Å². The zero-order chi connectivity index (χ0) is 17.6. The molecule has 2 unspecified atom stereocenters. The fourth-order valence-electron chi connectivity index (χ4n) is 3.17. The van der Waals surface area contributed by atoms with Crippen LogP contribution in [0.15, 0.2) is 73.3 Å². The molecule has 2 aromatic rings. The summed E-state index contributed by atoms with van der Waals surface area (Å²) in [4.78, 5) is 26.6. The van der Waals surface area contributed by atoms with Gasteiger partial charge in [-0.25, -0.2) is 9.69 Å². The van der Waals surface area contributed by atoms with E-state index in [4.69, 9.17) is 4.74 Å². The molecule has 1 saturated heterocycles. The summed E-state index contributed by atoms with van der Waals surface area (Å²) >= 11 is 0. The SMILES string of the molecule is C=CCC(C(=O)N1C(=O)OCC1Cc1ccccc1)c1ccccc1. The maximum Gasteiger partial charge on any atom is 0.417 e. The van der Waals surface area contributed by atoms with Gasteiger partial charge < -0.3 is 4.74 Å². The van der Waals surface area contributed by atoms with Crippen LogP contribution < -0.4 is 0 Å². The van der Waals surface area contributed by atoms with Crippen LogP contribution in [0.5, 0.6) is 0 Å². The summed E-state index contributed by atoms with van der Waals surface area (Å²) in [5.41, 5.74) is 1.95. The lowest BCUT2D eigenvalue weighted by molar-refractivity contribution is -0.130. The molecule has 0 radical (unpaired) electrons. The van der Waals surface area contributed by atoms with Crippen LogP contribution in [0.25, 0.3) is 0 Å². The van der Waals surface area contributed by atoms with E-state index >= 15 is 0 Å². The number of amides is 2. The van der Waals surface area contributed by atoms with E-state index < -0.39 is 12.0 Å². The highest BCUT2D eigenvalue weighted by molar-refractivity contribution is 5.97. The molecule has 1 fully saturated rings. The normalized spacial score (nSPS) is 17.8. The molecule has 2 atom stereocenters. The van der Waals surface area contributed by atoms with E-state index in [2.05, 4.69) is 6.58 Å². The number of benzene rings is 2. The van der Waals surface area contributed by atoms with E-state index in [0.717, 1.165) is 11.1 Å². The standard InChI is InChI=1S/C21H21NO3/c1-2-9-19(17-12-7-4-8-13-17)20(23)22-18(15-25-21(22)24)14-16-10-5-3-6-11-16/h2-8,10-13,18-19H,1,9,14-15H2. The molecule has 0 N–H and O–H groups in total. The van der Waals surface area contributed by atoms with Crippen molar-refractivity contribution in [3.63, 3.8) is 0 Å². The highest BCUT2D eigenvalue weighted by Crippen LogP contribution is 2.27. The summed E-state index contributed by atoms with van der Waals surface area (Å²) in [5.74, 6) is -0.655. The number of ether oxygens (including phenoxy) is 1. The van der Waals surface area contributed by atoms with Gasteiger partial charge in [-0.2, -0.15) is 0 Å². The zero-order valence-corrected chi connectivity index (χ0v) is 14.0. The van der Waals surface area contributed by atoms with Crippen molar-refractivity contribution in [2.24, 2.45) is 0 Å². The predicted octanol–water partition coefficient (Wildman–Crippen LogP) is 3.94. The van der Waals surface area contributed by atoms with Gasteiger partial charge in [-0.3, -0.25) is 4.79 Å². The minimum Gasteiger partial charge on any atom is -0.447 e. The van der Waals surface area contributed by atoms with Crippen molar-refractivity contribution in [1.82, 2.24) is 4.90 Å². The monoisotopic (exact) mass is 335 g/mol. The van der Waals surface area contributed by atoms with Crippen molar-refractivity contribution in [1.29, 1.82) is 0 Å². The fourth-order valence-corrected chi connectivity index (χ4v) is 3.17. The fraction of sp³-hybridized carbons (Fsp3) is 0.238. The highest BCUT2D eigenvalue weighted by Gasteiger charge is 2.40. The minimum atomic E-state index is -0.559. The van der Waals surface area contributed by atoms with Gasteiger partial charge in [0.25, 0.3) is 0 Å². The molecule has 1 aliphatic rings. The second-order valence-electron chi connectivity index (χ2n) is 6.12. The molecule has 0 bridgehead atoms. The van der Waals surface area contributed by atoms with Crippen LogP contribution in [-0.2, 0) is 16.0 Å². The van der Waals surface area contributed by atoms with Crippen LogP contribution >= 0.6 is 0 Å². The Morgan fingerprint density at radius 1 is 1.16 bits per heavy atom. The number of cyclic esters (lactones) is 1. The van der Waals surface area contributed by atoms with Gasteiger partial charge in [0.1, 0.15) is 6.61 Å². The molecule has 25 heavy (non-hydrogen) atoms. The third kappa shape index (κ3) is 3.79. The summed E-state index contributed by atoms with van der Waals surface area (Å²) in [6, 6.07) is 19.0. The number of imide groups is 1. The molecule has 4 nitrogen and oxygen atoms in total. The van der Waals surface area contributed by atoms with Crippen LogP contribution in [0.4, 0.5) is 4.79 Å². The molecule has 2 amide bonds. The molecule has 128 valence electrons. The molecule has 0 aliphatic carbocycles. The average Bonchev–Trinajstić information content (AvgIpc) is 3.01. The van der Waals surface area contributed by atoms with Crippen molar-refractivity contribution in [2.75, 3.05) is 6.61 Å². The lowest BCUT2D eigenvalue weighted by atomic mass is 9.93. The Hall–Kier alpha value is -2.88. The number of rotatable bonds is 6. The molecular weight excluding hydrogens is 314 g/mol. The number of hydrogen-bond acceptors (Lipinski definition) is 3. The Bertz CT molecular complexity index is 742. The topological polar surface area (TPSA) is 46.6 Å². The Kier molecular flexibility index (Phi) is 5.29. The first-order valence-electron chi connectivity index (χ1n) is 8.40. The first-order chi connectivity index (χ1) is 12.2. The van der Waals surface area contributed by atoms with Crippen LogP contribution in [-0.4, -0.2) is 29.5 Å². The summed E-state index contributed by atoms with van der Waals surface area (Å²) in [6.45, 7) is 3.99. The number of carbonyl (C=O) groups excluding carboxylic acids is 2. The Morgan fingerprint density at radius 3 is 2.44 bits per heavy atom. The number of hydrogen-bond donors (Lipinski definition) is 0. The smallest absolute Gasteiger partial charge is 0.417 e. The van der Waals surface area contributed by atoms with Crippen molar-refractivity contribution < 1.29 is 14.3 Å². The zero-order valence-electron chi connectivity index (χ0n) is 14.0. The van der Waals surface area contributed by atoms with E-state index in [9.17, 15) is 9.59 Å². The van der Waals surface area contributed by atoms with Crippen molar-refractivity contribution >= 4 is 12.0 Å². The molecule has 0 saturated carbocycles. The minimum absolute atomic E-state index is 0.227. The number of nitrogens with zero attached hydrogens (tertiary/aromatic N) is 1. The molecule has 3 rings (SSSR count). The van der Waals surface area contributed by atoms with Gasteiger partial charge in [0, 0.05) is 0 Å². The van der Waals surface area contributed by atoms with Crippen molar-refractivity contribution in [3.8, 4) is 0 Å². The van der Waals surface area contributed by atoms with E-state index in [0.29, 0.717) is 12.8 Å².